The summed E-state index contributed by atoms with van der Waals surface area (Å²) in [4.78, 5) is 24.1. The van der Waals surface area contributed by atoms with Gasteiger partial charge in [0, 0.05) is 15.8 Å². The van der Waals surface area contributed by atoms with Crippen molar-refractivity contribution in [3.8, 4) is 11.1 Å². The van der Waals surface area contributed by atoms with E-state index in [1.807, 2.05) is 42.5 Å². The first kappa shape index (κ1) is 17.6. The number of Topliss-reactive ketones (excluding diaryl/α,β-unsaturated/α-hetero) is 1. The van der Waals surface area contributed by atoms with Gasteiger partial charge in [-0.25, -0.2) is 9.97 Å². The summed E-state index contributed by atoms with van der Waals surface area (Å²) >= 11 is 3.31. The monoisotopic (exact) mass is 402 g/mol. The fraction of sp³-hybridized carbons (Fsp3) is 0.174. The van der Waals surface area contributed by atoms with Gasteiger partial charge in [-0.3, -0.25) is 4.79 Å². The molecule has 0 fully saturated rings. The number of thiophene rings is 1. The highest BCUT2D eigenvalue weighted by Gasteiger charge is 2.21. The first-order chi connectivity index (χ1) is 13.8. The third-order valence-corrected chi connectivity index (χ3v) is 7.31. The minimum absolute atomic E-state index is 0.128. The van der Waals surface area contributed by atoms with Crippen LogP contribution < -0.4 is 0 Å². The van der Waals surface area contributed by atoms with Crippen molar-refractivity contribution in [2.24, 2.45) is 0 Å². The third-order valence-electron chi connectivity index (χ3n) is 5.12. The standard InChI is InChI=1S/C23H18N2OS2/c26-19(17-11-9-16(10-12-17)15-5-2-1-3-6-15)13-27-22-21-18-7-4-8-20(18)28-23(21)25-14-24-22/h1-3,5-6,9-12,14H,4,7-8,13H2. The van der Waals surface area contributed by atoms with Gasteiger partial charge in [-0.1, -0.05) is 66.4 Å². The van der Waals surface area contributed by atoms with Crippen LogP contribution >= 0.6 is 23.1 Å². The summed E-state index contributed by atoms with van der Waals surface area (Å²) in [6.07, 6.45) is 5.08. The van der Waals surface area contributed by atoms with E-state index < -0.39 is 0 Å². The number of hydrogen-bond acceptors (Lipinski definition) is 5. The first-order valence-electron chi connectivity index (χ1n) is 9.36. The predicted molar refractivity (Wildman–Crippen MR) is 116 cm³/mol. The van der Waals surface area contributed by atoms with Crippen molar-refractivity contribution >= 4 is 39.1 Å². The molecular weight excluding hydrogens is 384 g/mol. The summed E-state index contributed by atoms with van der Waals surface area (Å²) in [6.45, 7) is 0. The van der Waals surface area contributed by atoms with E-state index in [0.29, 0.717) is 5.75 Å². The number of rotatable bonds is 5. The zero-order valence-electron chi connectivity index (χ0n) is 15.2. The maximum Gasteiger partial charge on any atom is 0.173 e. The Morgan fingerprint density at radius 2 is 1.75 bits per heavy atom. The lowest BCUT2D eigenvalue weighted by atomic mass is 10.0. The molecule has 0 amide bonds. The first-order valence-corrected chi connectivity index (χ1v) is 11.2. The number of ketones is 1. The Morgan fingerprint density at radius 1 is 0.964 bits per heavy atom. The van der Waals surface area contributed by atoms with Crippen LogP contribution in [0.3, 0.4) is 0 Å². The molecule has 0 radical (unpaired) electrons. The molecule has 2 heterocycles. The van der Waals surface area contributed by atoms with Gasteiger partial charge < -0.3 is 0 Å². The molecule has 3 nitrogen and oxygen atoms in total. The lowest BCUT2D eigenvalue weighted by Gasteiger charge is -2.05. The average molecular weight is 403 g/mol. The SMILES string of the molecule is O=C(CSc1ncnc2sc3c(c12)CCC3)c1ccc(-c2ccccc2)cc1. The van der Waals surface area contributed by atoms with Crippen molar-refractivity contribution in [3.63, 3.8) is 0 Å². The van der Waals surface area contributed by atoms with Crippen molar-refractivity contribution < 1.29 is 4.79 Å². The number of hydrogen-bond donors (Lipinski definition) is 0. The van der Waals surface area contributed by atoms with Crippen LogP contribution in [0.25, 0.3) is 21.3 Å². The molecule has 4 aromatic rings. The van der Waals surface area contributed by atoms with Gasteiger partial charge in [0.25, 0.3) is 0 Å². The predicted octanol–water partition coefficient (Wildman–Crippen LogP) is 5.82. The van der Waals surface area contributed by atoms with Crippen molar-refractivity contribution in [2.45, 2.75) is 24.3 Å². The van der Waals surface area contributed by atoms with Crippen LogP contribution in [0.2, 0.25) is 0 Å². The van der Waals surface area contributed by atoms with Crippen molar-refractivity contribution in [1.29, 1.82) is 0 Å². The molecule has 2 aromatic carbocycles. The van der Waals surface area contributed by atoms with Crippen LogP contribution in [0.1, 0.15) is 27.2 Å². The second-order valence-electron chi connectivity index (χ2n) is 6.87. The number of carbonyl (C=O) groups excluding carboxylic acids is 1. The van der Waals surface area contributed by atoms with Crippen LogP contribution in [0.15, 0.2) is 66.0 Å². The molecule has 5 rings (SSSR count). The normalized spacial score (nSPS) is 13.0. The number of carbonyl (C=O) groups is 1. The maximum atomic E-state index is 12.7. The number of benzene rings is 2. The molecule has 2 aromatic heterocycles. The Kier molecular flexibility index (Phi) is 4.71. The molecule has 5 heteroatoms. The van der Waals surface area contributed by atoms with Gasteiger partial charge in [0.2, 0.25) is 0 Å². The van der Waals surface area contributed by atoms with Crippen LogP contribution in [-0.4, -0.2) is 21.5 Å². The van der Waals surface area contributed by atoms with Crippen LogP contribution in [-0.2, 0) is 12.8 Å². The summed E-state index contributed by atoms with van der Waals surface area (Å²) in [7, 11) is 0. The van der Waals surface area contributed by atoms with E-state index in [1.54, 1.807) is 17.7 Å². The quantitative estimate of drug-likeness (QED) is 0.240. The van der Waals surface area contributed by atoms with Gasteiger partial charge in [0.1, 0.15) is 16.2 Å². The number of fused-ring (bicyclic) bond motifs is 3. The summed E-state index contributed by atoms with van der Waals surface area (Å²) in [5.74, 6) is 0.518. The second-order valence-corrected chi connectivity index (χ2v) is 8.92. The van der Waals surface area contributed by atoms with Gasteiger partial charge in [-0.05, 0) is 36.0 Å². The fourth-order valence-corrected chi connectivity index (χ4v) is 5.92. The van der Waals surface area contributed by atoms with Gasteiger partial charge >= 0.3 is 0 Å². The third kappa shape index (κ3) is 3.25. The van der Waals surface area contributed by atoms with Gasteiger partial charge in [-0.2, -0.15) is 0 Å². The molecule has 0 spiro atoms. The summed E-state index contributed by atoms with van der Waals surface area (Å²) in [6, 6.07) is 18.1. The molecule has 0 atom stereocenters. The number of aromatic nitrogens is 2. The minimum atomic E-state index is 0.128. The van der Waals surface area contributed by atoms with Gasteiger partial charge in [0.15, 0.2) is 5.78 Å². The highest BCUT2D eigenvalue weighted by atomic mass is 32.2. The molecular formula is C23H18N2OS2. The lowest BCUT2D eigenvalue weighted by Crippen LogP contribution is -2.02. The molecule has 1 aliphatic carbocycles. The Hall–Kier alpha value is -2.50. The van der Waals surface area contributed by atoms with Gasteiger partial charge in [0.05, 0.1) is 5.75 Å². The molecule has 28 heavy (non-hydrogen) atoms. The molecule has 0 saturated heterocycles. The zero-order chi connectivity index (χ0) is 18.9. The molecule has 138 valence electrons. The fourth-order valence-electron chi connectivity index (χ4n) is 3.71. The highest BCUT2D eigenvalue weighted by molar-refractivity contribution is 8.00. The van der Waals surface area contributed by atoms with Gasteiger partial charge in [-0.15, -0.1) is 11.3 Å². The number of nitrogens with zero attached hydrogens (tertiary/aromatic N) is 2. The van der Waals surface area contributed by atoms with E-state index >= 15 is 0 Å². The zero-order valence-corrected chi connectivity index (χ0v) is 16.9. The van der Waals surface area contributed by atoms with Crippen LogP contribution in [0, 0.1) is 0 Å². The Balaban J connectivity index is 1.34. The molecule has 0 N–H and O–H groups in total. The molecule has 1 aliphatic rings. The summed E-state index contributed by atoms with van der Waals surface area (Å²) < 4.78 is 0. The maximum absolute atomic E-state index is 12.7. The van der Waals surface area contributed by atoms with E-state index in [1.165, 1.54) is 34.0 Å². The van der Waals surface area contributed by atoms with E-state index in [0.717, 1.165) is 39.4 Å². The molecule has 0 aliphatic heterocycles. The van der Waals surface area contributed by atoms with Crippen molar-refractivity contribution in [3.05, 3.63) is 76.9 Å². The van der Waals surface area contributed by atoms with E-state index in [9.17, 15) is 4.79 Å². The minimum Gasteiger partial charge on any atom is -0.293 e. The van der Waals surface area contributed by atoms with Crippen LogP contribution in [0.5, 0.6) is 0 Å². The summed E-state index contributed by atoms with van der Waals surface area (Å²) in [5, 5.41) is 2.12. The Labute approximate surface area is 171 Å². The number of aryl methyl sites for hydroxylation is 2. The lowest BCUT2D eigenvalue weighted by molar-refractivity contribution is 0.102. The van der Waals surface area contributed by atoms with E-state index in [2.05, 4.69) is 22.1 Å². The Morgan fingerprint density at radius 3 is 2.57 bits per heavy atom. The summed E-state index contributed by atoms with van der Waals surface area (Å²) in [5.41, 5.74) is 4.43. The van der Waals surface area contributed by atoms with Crippen molar-refractivity contribution in [1.82, 2.24) is 9.97 Å². The average Bonchev–Trinajstić information content (AvgIpc) is 3.34. The van der Waals surface area contributed by atoms with E-state index in [-0.39, 0.29) is 5.78 Å². The Bertz CT molecular complexity index is 1150. The smallest absolute Gasteiger partial charge is 0.173 e. The number of thioether (sulfide) groups is 1. The highest BCUT2D eigenvalue weighted by Crippen LogP contribution is 2.40. The second kappa shape index (κ2) is 7.49. The molecule has 0 saturated carbocycles. The van der Waals surface area contributed by atoms with E-state index in [4.69, 9.17) is 0 Å². The topological polar surface area (TPSA) is 42.9 Å². The van der Waals surface area contributed by atoms with Crippen molar-refractivity contribution in [2.75, 3.05) is 5.75 Å². The largest absolute Gasteiger partial charge is 0.293 e. The molecule has 0 unspecified atom stereocenters. The molecule has 0 bridgehead atoms. The van der Waals surface area contributed by atoms with Crippen LogP contribution in [0.4, 0.5) is 0 Å².